The zero-order chi connectivity index (χ0) is 15.7. The molecule has 22 heavy (non-hydrogen) atoms. The minimum Gasteiger partial charge on any atom is -0.371 e. The van der Waals surface area contributed by atoms with E-state index in [1.807, 2.05) is 0 Å². The quantitative estimate of drug-likeness (QED) is 0.791. The first-order valence-electron chi connectivity index (χ1n) is 7.28. The van der Waals surface area contributed by atoms with Crippen molar-refractivity contribution in [3.8, 4) is 11.1 Å². The van der Waals surface area contributed by atoms with E-state index in [1.165, 1.54) is 18.8 Å². The van der Waals surface area contributed by atoms with Gasteiger partial charge in [0.15, 0.2) is 0 Å². The lowest BCUT2D eigenvalue weighted by Gasteiger charge is -2.34. The number of alkyl halides is 2. The van der Waals surface area contributed by atoms with Crippen LogP contribution in [0.3, 0.4) is 0 Å². The predicted octanol–water partition coefficient (Wildman–Crippen LogP) is 4.23. The maximum Gasteiger partial charge on any atom is 0.333 e. The lowest BCUT2D eigenvalue weighted by Crippen LogP contribution is -2.34. The van der Waals surface area contributed by atoms with Gasteiger partial charge in [-0.3, -0.25) is 0 Å². The van der Waals surface area contributed by atoms with Crippen LogP contribution >= 0.6 is 11.6 Å². The van der Waals surface area contributed by atoms with Crippen LogP contribution in [-0.4, -0.2) is 27.9 Å². The number of nitrogens with zero attached hydrogens (tertiary/aromatic N) is 4. The van der Waals surface area contributed by atoms with E-state index in [-0.39, 0.29) is 0 Å². The topological polar surface area (TPSA) is 34.0 Å². The maximum absolute atomic E-state index is 12.7. The Morgan fingerprint density at radius 3 is 2.86 bits per heavy atom. The van der Waals surface area contributed by atoms with Crippen molar-refractivity contribution < 1.29 is 8.78 Å². The molecule has 0 bridgehead atoms. The molecule has 0 N–H and O–H groups in total. The number of hydrogen-bond donors (Lipinski definition) is 0. The Morgan fingerprint density at radius 2 is 2.18 bits per heavy atom. The molecule has 0 aliphatic carbocycles. The fourth-order valence-electron chi connectivity index (χ4n) is 2.90. The molecular weight excluding hydrogens is 310 g/mol. The third kappa shape index (κ3) is 3.06. The fraction of sp³-hybridized carbons (Fsp3) is 0.467. The van der Waals surface area contributed by atoms with Crippen LogP contribution < -0.4 is 4.90 Å². The molecule has 118 valence electrons. The number of anilines is 1. The van der Waals surface area contributed by atoms with E-state index in [4.69, 9.17) is 11.6 Å². The van der Waals surface area contributed by atoms with Gasteiger partial charge in [-0.25, -0.2) is 9.67 Å². The van der Waals surface area contributed by atoms with Gasteiger partial charge in [0.2, 0.25) is 0 Å². The molecule has 2 aromatic rings. The molecule has 1 atom stereocenters. The average molecular weight is 327 g/mol. The molecule has 1 saturated heterocycles. The van der Waals surface area contributed by atoms with Crippen molar-refractivity contribution in [3.05, 3.63) is 29.8 Å². The highest BCUT2D eigenvalue weighted by Crippen LogP contribution is 2.34. The Hall–Kier alpha value is -1.69. The van der Waals surface area contributed by atoms with E-state index >= 15 is 0 Å². The molecule has 0 aromatic carbocycles. The second-order valence-corrected chi connectivity index (χ2v) is 6.09. The van der Waals surface area contributed by atoms with Crippen LogP contribution in [0, 0.1) is 5.92 Å². The summed E-state index contributed by atoms with van der Waals surface area (Å²) in [5.41, 5.74) is 2.34. The van der Waals surface area contributed by atoms with Gasteiger partial charge >= 0.3 is 6.55 Å². The van der Waals surface area contributed by atoms with Crippen LogP contribution in [-0.2, 0) is 0 Å². The number of pyridine rings is 1. The van der Waals surface area contributed by atoms with Gasteiger partial charge in [-0.05, 0) is 24.8 Å². The van der Waals surface area contributed by atoms with E-state index in [2.05, 4.69) is 21.9 Å². The molecule has 2 aromatic heterocycles. The number of halogens is 3. The first-order valence-corrected chi connectivity index (χ1v) is 7.65. The van der Waals surface area contributed by atoms with Gasteiger partial charge < -0.3 is 4.90 Å². The van der Waals surface area contributed by atoms with Crippen LogP contribution in [0.4, 0.5) is 14.5 Å². The Kier molecular flexibility index (Phi) is 4.29. The van der Waals surface area contributed by atoms with Crippen LogP contribution in [0.25, 0.3) is 11.1 Å². The summed E-state index contributed by atoms with van der Waals surface area (Å²) in [5, 5.41) is 4.10. The highest BCUT2D eigenvalue weighted by Gasteiger charge is 2.21. The van der Waals surface area contributed by atoms with Gasteiger partial charge in [0.05, 0.1) is 6.20 Å². The van der Waals surface area contributed by atoms with Gasteiger partial charge in [0, 0.05) is 42.3 Å². The number of rotatable bonds is 3. The summed E-state index contributed by atoms with van der Waals surface area (Å²) in [6.45, 7) is 1.42. The Morgan fingerprint density at radius 1 is 1.36 bits per heavy atom. The maximum atomic E-state index is 12.7. The fourth-order valence-corrected chi connectivity index (χ4v) is 3.05. The van der Waals surface area contributed by atoms with E-state index in [0.29, 0.717) is 21.3 Å². The van der Waals surface area contributed by atoms with Crippen molar-refractivity contribution in [1.29, 1.82) is 0 Å². The number of aromatic nitrogens is 3. The van der Waals surface area contributed by atoms with Gasteiger partial charge in [-0.15, -0.1) is 0 Å². The standard InChI is InChI=1S/C15H17ClF2N4/c1-10-3-2-4-21(8-10)13-5-14(16)19-7-12(13)11-6-20-22(9-11)15(17)18/h5-7,9-10,15H,2-4,8H2,1H3/t10-/m0/s1. The summed E-state index contributed by atoms with van der Waals surface area (Å²) in [6.07, 6.45) is 6.72. The van der Waals surface area contributed by atoms with E-state index in [0.717, 1.165) is 30.8 Å². The minimum absolute atomic E-state index is 0.401. The molecule has 0 saturated carbocycles. The Balaban J connectivity index is 1.99. The molecule has 0 amide bonds. The second-order valence-electron chi connectivity index (χ2n) is 5.70. The third-order valence-corrected chi connectivity index (χ3v) is 4.17. The predicted molar refractivity (Wildman–Crippen MR) is 82.3 cm³/mol. The van der Waals surface area contributed by atoms with Crippen LogP contribution in [0.1, 0.15) is 26.3 Å². The number of piperidine rings is 1. The zero-order valence-corrected chi connectivity index (χ0v) is 13.0. The molecule has 0 spiro atoms. The van der Waals surface area contributed by atoms with E-state index in [9.17, 15) is 8.78 Å². The lowest BCUT2D eigenvalue weighted by atomic mass is 9.98. The third-order valence-electron chi connectivity index (χ3n) is 3.96. The van der Waals surface area contributed by atoms with Crippen molar-refractivity contribution in [2.24, 2.45) is 5.92 Å². The van der Waals surface area contributed by atoms with Crippen molar-refractivity contribution in [2.45, 2.75) is 26.3 Å². The molecule has 3 heterocycles. The van der Waals surface area contributed by atoms with Gasteiger partial charge in [0.1, 0.15) is 5.15 Å². The molecule has 1 fully saturated rings. The van der Waals surface area contributed by atoms with Crippen LogP contribution in [0.2, 0.25) is 5.15 Å². The van der Waals surface area contributed by atoms with Crippen LogP contribution in [0.15, 0.2) is 24.7 Å². The monoisotopic (exact) mass is 326 g/mol. The smallest absolute Gasteiger partial charge is 0.333 e. The van der Waals surface area contributed by atoms with E-state index < -0.39 is 6.55 Å². The second kappa shape index (κ2) is 6.20. The van der Waals surface area contributed by atoms with Gasteiger partial charge in [-0.1, -0.05) is 18.5 Å². The average Bonchev–Trinajstić information content (AvgIpc) is 2.97. The van der Waals surface area contributed by atoms with Crippen molar-refractivity contribution >= 4 is 17.3 Å². The largest absolute Gasteiger partial charge is 0.371 e. The SMILES string of the molecule is C[C@H]1CCCN(c2cc(Cl)ncc2-c2cnn(C(F)F)c2)C1. The summed E-state index contributed by atoms with van der Waals surface area (Å²) in [6, 6.07) is 1.80. The van der Waals surface area contributed by atoms with Crippen molar-refractivity contribution in [1.82, 2.24) is 14.8 Å². The van der Waals surface area contributed by atoms with E-state index in [1.54, 1.807) is 12.3 Å². The summed E-state index contributed by atoms with van der Waals surface area (Å²) < 4.78 is 26.1. The number of hydrogen-bond acceptors (Lipinski definition) is 3. The molecule has 1 aliphatic rings. The summed E-state index contributed by atoms with van der Waals surface area (Å²) >= 11 is 6.04. The molecule has 0 unspecified atom stereocenters. The molecule has 0 radical (unpaired) electrons. The minimum atomic E-state index is -2.65. The van der Waals surface area contributed by atoms with Gasteiger partial charge in [-0.2, -0.15) is 13.9 Å². The van der Waals surface area contributed by atoms with Crippen molar-refractivity contribution in [2.75, 3.05) is 18.0 Å². The molecule has 1 aliphatic heterocycles. The Bertz CT molecular complexity index is 659. The van der Waals surface area contributed by atoms with Crippen molar-refractivity contribution in [3.63, 3.8) is 0 Å². The molecule has 3 rings (SSSR count). The normalized spacial score (nSPS) is 19.0. The molecule has 4 nitrogen and oxygen atoms in total. The van der Waals surface area contributed by atoms with Crippen LogP contribution in [0.5, 0.6) is 0 Å². The lowest BCUT2D eigenvalue weighted by molar-refractivity contribution is 0.0566. The highest BCUT2D eigenvalue weighted by molar-refractivity contribution is 6.29. The summed E-state index contributed by atoms with van der Waals surface area (Å²) in [5.74, 6) is 0.595. The summed E-state index contributed by atoms with van der Waals surface area (Å²) in [7, 11) is 0. The first kappa shape index (κ1) is 15.2. The first-order chi connectivity index (χ1) is 10.5. The Labute approximate surface area is 132 Å². The molecular formula is C15H17ClF2N4. The zero-order valence-electron chi connectivity index (χ0n) is 12.2. The van der Waals surface area contributed by atoms with Gasteiger partial charge in [0.25, 0.3) is 0 Å². The molecule has 7 heteroatoms. The summed E-state index contributed by atoms with van der Waals surface area (Å²) in [4.78, 5) is 6.35. The highest BCUT2D eigenvalue weighted by atomic mass is 35.5.